The molecule has 1 saturated heterocycles. The first-order chi connectivity index (χ1) is 15.6. The Morgan fingerprint density at radius 2 is 2.09 bits per heavy atom. The second-order valence-corrected chi connectivity index (χ2v) is 8.19. The summed E-state index contributed by atoms with van der Waals surface area (Å²) in [5.41, 5.74) is 4.30. The quantitative estimate of drug-likeness (QED) is 0.595. The van der Waals surface area contributed by atoms with Gasteiger partial charge in [0.05, 0.1) is 63.4 Å². The maximum atomic E-state index is 14.4. The van der Waals surface area contributed by atoms with Crippen LogP contribution in [0.5, 0.6) is 5.88 Å². The van der Waals surface area contributed by atoms with Gasteiger partial charge >= 0.3 is 0 Å². The summed E-state index contributed by atoms with van der Waals surface area (Å²) in [5.74, 6) is -0.539. The van der Waals surface area contributed by atoms with Crippen LogP contribution in [-0.2, 0) is 28.9 Å². The summed E-state index contributed by atoms with van der Waals surface area (Å²) in [6.07, 6.45) is 6.91. The Kier molecular flexibility index (Phi) is 5.90. The summed E-state index contributed by atoms with van der Waals surface area (Å²) in [6, 6.07) is 1.42. The van der Waals surface area contributed by atoms with Gasteiger partial charge in [-0.2, -0.15) is 10.2 Å². The van der Waals surface area contributed by atoms with Crippen LogP contribution in [0.4, 0.5) is 4.39 Å². The molecule has 2 aliphatic rings. The van der Waals surface area contributed by atoms with Crippen LogP contribution in [0.15, 0.2) is 24.7 Å². The standard InChI is InChI=1S/C22H27FN6O3/c1-27-5-8-32-17(13-27)14-28-12-16(11-25-28)29-20-4-7-31-6-3-18(20)21(26-29)15-9-19(23)22(30-2)24-10-15/h9-12,17H,3-8,13-14H2,1-2H3/t17-/m0/s1. The van der Waals surface area contributed by atoms with Crippen molar-refractivity contribution >= 4 is 0 Å². The van der Waals surface area contributed by atoms with Crippen molar-refractivity contribution in [3.63, 3.8) is 0 Å². The van der Waals surface area contributed by atoms with E-state index in [9.17, 15) is 4.39 Å². The first-order valence-electron chi connectivity index (χ1n) is 10.8. The van der Waals surface area contributed by atoms with Crippen molar-refractivity contribution in [3.05, 3.63) is 41.7 Å². The molecule has 0 aromatic carbocycles. The maximum Gasteiger partial charge on any atom is 0.250 e. The van der Waals surface area contributed by atoms with Crippen LogP contribution < -0.4 is 4.74 Å². The molecule has 0 spiro atoms. The normalized spacial score (nSPS) is 19.5. The number of aromatic nitrogens is 5. The number of ether oxygens (including phenoxy) is 3. The lowest BCUT2D eigenvalue weighted by Crippen LogP contribution is -2.42. The average molecular weight is 442 g/mol. The number of methoxy groups -OCH3 is 1. The highest BCUT2D eigenvalue weighted by molar-refractivity contribution is 5.65. The van der Waals surface area contributed by atoms with Gasteiger partial charge in [0, 0.05) is 36.8 Å². The molecule has 0 N–H and O–H groups in total. The van der Waals surface area contributed by atoms with E-state index >= 15 is 0 Å². The topological polar surface area (TPSA) is 79.5 Å². The van der Waals surface area contributed by atoms with Crippen molar-refractivity contribution in [1.82, 2.24) is 29.4 Å². The van der Waals surface area contributed by atoms with Crippen LogP contribution in [0.3, 0.4) is 0 Å². The van der Waals surface area contributed by atoms with Crippen molar-refractivity contribution in [2.75, 3.05) is 47.1 Å². The number of hydrogen-bond acceptors (Lipinski definition) is 7. The largest absolute Gasteiger partial charge is 0.479 e. The molecule has 2 aliphatic heterocycles. The summed E-state index contributed by atoms with van der Waals surface area (Å²) in [5, 5.41) is 9.40. The Bertz CT molecular complexity index is 1100. The minimum absolute atomic E-state index is 0.0283. The van der Waals surface area contributed by atoms with E-state index in [-0.39, 0.29) is 12.0 Å². The molecule has 0 saturated carbocycles. The molecular formula is C22H27FN6O3. The van der Waals surface area contributed by atoms with E-state index in [0.717, 1.165) is 43.1 Å². The summed E-state index contributed by atoms with van der Waals surface area (Å²) < 4.78 is 34.7. The first-order valence-corrected chi connectivity index (χ1v) is 10.8. The molecule has 5 heterocycles. The Morgan fingerprint density at radius 1 is 1.22 bits per heavy atom. The lowest BCUT2D eigenvalue weighted by molar-refractivity contribution is -0.0290. The highest BCUT2D eigenvalue weighted by atomic mass is 19.1. The van der Waals surface area contributed by atoms with Gasteiger partial charge in [0.1, 0.15) is 5.69 Å². The second-order valence-electron chi connectivity index (χ2n) is 8.19. The Morgan fingerprint density at radius 3 is 2.91 bits per heavy atom. The number of fused-ring (bicyclic) bond motifs is 1. The van der Waals surface area contributed by atoms with Crippen LogP contribution in [0.2, 0.25) is 0 Å². The van der Waals surface area contributed by atoms with E-state index in [1.54, 1.807) is 6.20 Å². The fraction of sp³-hybridized carbons (Fsp3) is 0.500. The van der Waals surface area contributed by atoms with E-state index in [1.807, 2.05) is 21.8 Å². The molecule has 9 nitrogen and oxygen atoms in total. The Labute approximate surface area is 185 Å². The molecule has 3 aromatic rings. The van der Waals surface area contributed by atoms with Gasteiger partial charge in [-0.05, 0) is 19.5 Å². The first kappa shape index (κ1) is 21.0. The molecule has 1 fully saturated rings. The molecule has 0 aliphatic carbocycles. The van der Waals surface area contributed by atoms with Crippen molar-refractivity contribution in [2.45, 2.75) is 25.5 Å². The molecule has 0 unspecified atom stereocenters. The fourth-order valence-electron chi connectivity index (χ4n) is 4.35. The van der Waals surface area contributed by atoms with E-state index in [2.05, 4.69) is 22.0 Å². The van der Waals surface area contributed by atoms with Gasteiger partial charge in [0.2, 0.25) is 5.88 Å². The number of pyridine rings is 1. The number of nitrogens with zero attached hydrogens (tertiary/aromatic N) is 6. The molecule has 32 heavy (non-hydrogen) atoms. The predicted octanol–water partition coefficient (Wildman–Crippen LogP) is 1.72. The van der Waals surface area contributed by atoms with Gasteiger partial charge in [-0.15, -0.1) is 0 Å². The van der Waals surface area contributed by atoms with Crippen molar-refractivity contribution in [2.24, 2.45) is 0 Å². The lowest BCUT2D eigenvalue weighted by atomic mass is 10.0. The zero-order valence-corrected chi connectivity index (χ0v) is 18.3. The predicted molar refractivity (Wildman–Crippen MR) is 115 cm³/mol. The van der Waals surface area contributed by atoms with Crippen LogP contribution in [-0.4, -0.2) is 82.6 Å². The van der Waals surface area contributed by atoms with E-state index in [4.69, 9.17) is 19.3 Å². The number of likely N-dealkylation sites (N-methyl/N-ethyl adjacent to an activating group) is 1. The van der Waals surface area contributed by atoms with Crippen molar-refractivity contribution in [3.8, 4) is 22.8 Å². The number of morpholine rings is 1. The maximum absolute atomic E-state index is 14.4. The van der Waals surface area contributed by atoms with Gasteiger partial charge in [0.15, 0.2) is 5.82 Å². The third kappa shape index (κ3) is 4.13. The van der Waals surface area contributed by atoms with E-state index in [1.165, 1.54) is 13.2 Å². The van der Waals surface area contributed by atoms with Crippen LogP contribution in [0.25, 0.3) is 16.9 Å². The fourth-order valence-corrected chi connectivity index (χ4v) is 4.35. The molecule has 170 valence electrons. The van der Waals surface area contributed by atoms with Gasteiger partial charge in [-0.1, -0.05) is 0 Å². The van der Waals surface area contributed by atoms with Crippen molar-refractivity contribution in [1.29, 1.82) is 0 Å². The van der Waals surface area contributed by atoms with Crippen LogP contribution >= 0.6 is 0 Å². The number of halogens is 1. The minimum Gasteiger partial charge on any atom is -0.479 e. The van der Waals surface area contributed by atoms with Crippen molar-refractivity contribution < 1.29 is 18.6 Å². The van der Waals surface area contributed by atoms with Gasteiger partial charge in [-0.3, -0.25) is 4.68 Å². The highest BCUT2D eigenvalue weighted by Crippen LogP contribution is 2.31. The number of rotatable bonds is 5. The lowest BCUT2D eigenvalue weighted by Gasteiger charge is -2.29. The van der Waals surface area contributed by atoms with Gasteiger partial charge in [-0.25, -0.2) is 14.1 Å². The number of hydrogen-bond donors (Lipinski definition) is 0. The molecule has 1 atom stereocenters. The average Bonchev–Trinajstić information content (AvgIpc) is 3.30. The summed E-state index contributed by atoms with van der Waals surface area (Å²) in [6.45, 7) is 4.46. The molecule has 0 amide bonds. The molecule has 10 heteroatoms. The van der Waals surface area contributed by atoms with Gasteiger partial charge in [0.25, 0.3) is 0 Å². The molecule has 5 rings (SSSR count). The van der Waals surface area contributed by atoms with E-state index in [0.29, 0.717) is 37.4 Å². The van der Waals surface area contributed by atoms with E-state index < -0.39 is 5.82 Å². The Hall–Kier alpha value is -2.82. The van der Waals surface area contributed by atoms with Gasteiger partial charge < -0.3 is 19.1 Å². The van der Waals surface area contributed by atoms with Crippen LogP contribution in [0, 0.1) is 5.82 Å². The minimum atomic E-state index is -0.511. The monoisotopic (exact) mass is 442 g/mol. The summed E-state index contributed by atoms with van der Waals surface area (Å²) >= 11 is 0. The smallest absolute Gasteiger partial charge is 0.250 e. The second kappa shape index (κ2) is 8.97. The molecule has 3 aromatic heterocycles. The molecule has 0 bridgehead atoms. The molecular weight excluding hydrogens is 415 g/mol. The molecule has 0 radical (unpaired) electrons. The summed E-state index contributed by atoms with van der Waals surface area (Å²) in [7, 11) is 3.50. The van der Waals surface area contributed by atoms with Crippen LogP contribution in [0.1, 0.15) is 11.3 Å². The Balaban J connectivity index is 1.48. The SMILES string of the molecule is COc1ncc(-c2nn(-c3cnn(C[C@@H]4CN(C)CCO4)c3)c3c2CCOCC3)cc1F. The third-order valence-electron chi connectivity index (χ3n) is 5.94. The third-order valence-corrected chi connectivity index (χ3v) is 5.94. The zero-order valence-electron chi connectivity index (χ0n) is 18.3. The zero-order chi connectivity index (χ0) is 22.1. The summed E-state index contributed by atoms with van der Waals surface area (Å²) in [4.78, 5) is 6.35. The highest BCUT2D eigenvalue weighted by Gasteiger charge is 2.24.